The van der Waals surface area contributed by atoms with Gasteiger partial charge in [0.2, 0.25) is 0 Å². The molecule has 1 saturated heterocycles. The van der Waals surface area contributed by atoms with Crippen LogP contribution in [0.15, 0.2) is 11.6 Å². The fourth-order valence-corrected chi connectivity index (χ4v) is 2.80. The van der Waals surface area contributed by atoms with Crippen LogP contribution in [0.25, 0.3) is 0 Å². The molecular formula is C12H17N3O3S. The number of carboxylic acids is 1. The molecule has 2 N–H and O–H groups in total. The second-order valence-corrected chi connectivity index (χ2v) is 5.59. The van der Waals surface area contributed by atoms with Crippen LogP contribution in [0.5, 0.6) is 0 Å². The topological polar surface area (TPSA) is 82.5 Å². The molecule has 0 bridgehead atoms. The van der Waals surface area contributed by atoms with E-state index in [1.54, 1.807) is 11.1 Å². The SMILES string of the molecule is CC(NC(=O)N1CCC[C@@H](C(=O)O)C1)c1nccs1. The highest BCUT2D eigenvalue weighted by Gasteiger charge is 2.28. The fraction of sp³-hybridized carbons (Fsp3) is 0.583. The van der Waals surface area contributed by atoms with E-state index in [1.165, 1.54) is 11.3 Å². The van der Waals surface area contributed by atoms with Crippen molar-refractivity contribution in [2.45, 2.75) is 25.8 Å². The minimum atomic E-state index is -0.828. The third-order valence-corrected chi connectivity index (χ3v) is 4.18. The van der Waals surface area contributed by atoms with Crippen LogP contribution in [0.4, 0.5) is 4.79 Å². The van der Waals surface area contributed by atoms with Gasteiger partial charge in [0.05, 0.1) is 12.0 Å². The number of nitrogens with zero attached hydrogens (tertiary/aromatic N) is 2. The Morgan fingerprint density at radius 1 is 1.63 bits per heavy atom. The number of nitrogens with one attached hydrogen (secondary N) is 1. The summed E-state index contributed by atoms with van der Waals surface area (Å²) in [5.74, 6) is -1.28. The minimum Gasteiger partial charge on any atom is -0.481 e. The zero-order valence-corrected chi connectivity index (χ0v) is 11.5. The number of hydrogen-bond donors (Lipinski definition) is 2. The van der Waals surface area contributed by atoms with Crippen LogP contribution in [-0.2, 0) is 4.79 Å². The summed E-state index contributed by atoms with van der Waals surface area (Å²) in [6.45, 7) is 2.77. The molecule has 19 heavy (non-hydrogen) atoms. The summed E-state index contributed by atoms with van der Waals surface area (Å²) in [7, 11) is 0. The summed E-state index contributed by atoms with van der Waals surface area (Å²) >= 11 is 1.49. The number of thiazole rings is 1. The summed E-state index contributed by atoms with van der Waals surface area (Å²) in [4.78, 5) is 28.8. The molecule has 1 fully saturated rings. The van der Waals surface area contributed by atoms with Crippen LogP contribution in [-0.4, -0.2) is 40.1 Å². The number of aliphatic carboxylic acids is 1. The maximum absolute atomic E-state index is 12.1. The first-order chi connectivity index (χ1) is 9.08. The quantitative estimate of drug-likeness (QED) is 0.884. The minimum absolute atomic E-state index is 0.155. The molecule has 0 spiro atoms. The normalized spacial score (nSPS) is 20.9. The van der Waals surface area contributed by atoms with Gasteiger partial charge in [-0.2, -0.15) is 0 Å². The molecule has 0 aliphatic carbocycles. The van der Waals surface area contributed by atoms with E-state index < -0.39 is 11.9 Å². The highest BCUT2D eigenvalue weighted by atomic mass is 32.1. The second-order valence-electron chi connectivity index (χ2n) is 4.66. The van der Waals surface area contributed by atoms with E-state index in [4.69, 9.17) is 5.11 Å². The Morgan fingerprint density at radius 2 is 2.42 bits per heavy atom. The molecule has 2 rings (SSSR count). The van der Waals surface area contributed by atoms with Crippen molar-refractivity contribution >= 4 is 23.3 Å². The molecule has 2 amide bonds. The molecule has 2 atom stereocenters. The summed E-state index contributed by atoms with van der Waals surface area (Å²) in [6.07, 6.45) is 3.07. The number of hydrogen-bond acceptors (Lipinski definition) is 4. The highest BCUT2D eigenvalue weighted by molar-refractivity contribution is 7.09. The average molecular weight is 283 g/mol. The van der Waals surface area contributed by atoms with Crippen LogP contribution in [0, 0.1) is 5.92 Å². The molecule has 1 aromatic heterocycles. The lowest BCUT2D eigenvalue weighted by atomic mass is 9.99. The molecular weight excluding hydrogens is 266 g/mol. The van der Waals surface area contributed by atoms with Gasteiger partial charge in [-0.15, -0.1) is 11.3 Å². The van der Waals surface area contributed by atoms with E-state index in [0.717, 1.165) is 11.4 Å². The van der Waals surface area contributed by atoms with Crippen LogP contribution in [0.2, 0.25) is 0 Å². The molecule has 1 aromatic rings. The number of piperidine rings is 1. The van der Waals surface area contributed by atoms with Gasteiger partial charge in [0.1, 0.15) is 5.01 Å². The Labute approximate surface area is 115 Å². The van der Waals surface area contributed by atoms with Gasteiger partial charge in [-0.3, -0.25) is 4.79 Å². The molecule has 2 heterocycles. The van der Waals surface area contributed by atoms with E-state index in [2.05, 4.69) is 10.3 Å². The highest BCUT2D eigenvalue weighted by Crippen LogP contribution is 2.19. The summed E-state index contributed by atoms with van der Waals surface area (Å²) in [5.41, 5.74) is 0. The van der Waals surface area contributed by atoms with Gasteiger partial charge in [0.25, 0.3) is 0 Å². The number of carboxylic acid groups (broad SMARTS) is 1. The number of carbonyl (C=O) groups excluding carboxylic acids is 1. The largest absolute Gasteiger partial charge is 0.481 e. The molecule has 7 heteroatoms. The van der Waals surface area contributed by atoms with Crippen molar-refractivity contribution in [1.29, 1.82) is 0 Å². The van der Waals surface area contributed by atoms with Crippen molar-refractivity contribution in [3.8, 4) is 0 Å². The zero-order valence-electron chi connectivity index (χ0n) is 10.7. The van der Waals surface area contributed by atoms with Crippen molar-refractivity contribution in [3.05, 3.63) is 16.6 Å². The Bertz CT molecular complexity index is 449. The van der Waals surface area contributed by atoms with Crippen molar-refractivity contribution in [3.63, 3.8) is 0 Å². The third kappa shape index (κ3) is 3.44. The Balaban J connectivity index is 1.91. The van der Waals surface area contributed by atoms with E-state index in [0.29, 0.717) is 13.0 Å². The zero-order chi connectivity index (χ0) is 13.8. The predicted octanol–water partition coefficient (Wildman–Crippen LogP) is 1.71. The van der Waals surface area contributed by atoms with Crippen molar-refractivity contribution in [1.82, 2.24) is 15.2 Å². The first kappa shape index (κ1) is 13.8. The molecule has 0 aromatic carbocycles. The Hall–Kier alpha value is -1.63. The maximum atomic E-state index is 12.1. The van der Waals surface area contributed by atoms with Gasteiger partial charge >= 0.3 is 12.0 Å². The van der Waals surface area contributed by atoms with Gasteiger partial charge in [0, 0.05) is 24.7 Å². The van der Waals surface area contributed by atoms with Crippen LogP contribution in [0.1, 0.15) is 30.8 Å². The van der Waals surface area contributed by atoms with Crippen molar-refractivity contribution in [2.75, 3.05) is 13.1 Å². The van der Waals surface area contributed by atoms with Gasteiger partial charge < -0.3 is 15.3 Å². The number of amides is 2. The first-order valence-electron chi connectivity index (χ1n) is 6.25. The second kappa shape index (κ2) is 6.01. The molecule has 1 unspecified atom stereocenters. The van der Waals surface area contributed by atoms with E-state index in [-0.39, 0.29) is 18.6 Å². The maximum Gasteiger partial charge on any atom is 0.317 e. The lowest BCUT2D eigenvalue weighted by Gasteiger charge is -2.31. The Kier molecular flexibility index (Phi) is 4.36. The molecule has 104 valence electrons. The van der Waals surface area contributed by atoms with Crippen molar-refractivity contribution < 1.29 is 14.7 Å². The van der Waals surface area contributed by atoms with E-state index in [9.17, 15) is 9.59 Å². The van der Waals surface area contributed by atoms with Crippen LogP contribution < -0.4 is 5.32 Å². The van der Waals surface area contributed by atoms with Gasteiger partial charge in [-0.1, -0.05) is 0 Å². The van der Waals surface area contributed by atoms with Gasteiger partial charge in [-0.25, -0.2) is 9.78 Å². The summed E-state index contributed by atoms with van der Waals surface area (Å²) in [5, 5.41) is 14.6. The molecule has 1 aliphatic rings. The van der Waals surface area contributed by atoms with Crippen LogP contribution >= 0.6 is 11.3 Å². The monoisotopic (exact) mass is 283 g/mol. The van der Waals surface area contributed by atoms with E-state index in [1.807, 2.05) is 12.3 Å². The number of aromatic nitrogens is 1. The smallest absolute Gasteiger partial charge is 0.317 e. The molecule has 0 saturated carbocycles. The number of likely N-dealkylation sites (tertiary alicyclic amines) is 1. The fourth-order valence-electron chi connectivity index (χ4n) is 2.15. The predicted molar refractivity (Wildman–Crippen MR) is 71.0 cm³/mol. The van der Waals surface area contributed by atoms with Crippen molar-refractivity contribution in [2.24, 2.45) is 5.92 Å². The first-order valence-corrected chi connectivity index (χ1v) is 7.13. The lowest BCUT2D eigenvalue weighted by molar-refractivity contribution is -0.143. The average Bonchev–Trinajstić information content (AvgIpc) is 2.92. The standard InChI is InChI=1S/C12H17N3O3S/c1-8(10-13-4-6-19-10)14-12(18)15-5-2-3-9(7-15)11(16)17/h4,6,8-9H,2-3,5,7H2,1H3,(H,14,18)(H,16,17)/t8?,9-/m1/s1. The number of rotatable bonds is 3. The summed E-state index contributed by atoms with van der Waals surface area (Å²) in [6, 6.07) is -0.369. The molecule has 0 radical (unpaired) electrons. The third-order valence-electron chi connectivity index (χ3n) is 3.22. The van der Waals surface area contributed by atoms with Gasteiger partial charge in [0.15, 0.2) is 0 Å². The number of carbonyl (C=O) groups is 2. The lowest BCUT2D eigenvalue weighted by Crippen LogP contribution is -2.47. The van der Waals surface area contributed by atoms with E-state index >= 15 is 0 Å². The molecule has 1 aliphatic heterocycles. The van der Waals surface area contributed by atoms with Gasteiger partial charge in [-0.05, 0) is 19.8 Å². The summed E-state index contributed by atoms with van der Waals surface area (Å²) < 4.78 is 0. The molecule has 6 nitrogen and oxygen atoms in total. The number of urea groups is 1. The Morgan fingerprint density at radius 3 is 3.05 bits per heavy atom. The van der Waals surface area contributed by atoms with Crippen LogP contribution in [0.3, 0.4) is 0 Å².